The molecular weight excluding hydrogens is 637 g/mol. The van der Waals surface area contributed by atoms with Crippen molar-refractivity contribution in [2.24, 2.45) is 23.7 Å². The first-order valence-electron chi connectivity index (χ1n) is 22.8. The summed E-state index contributed by atoms with van der Waals surface area (Å²) in [5.41, 5.74) is 6.12. The van der Waals surface area contributed by atoms with Crippen LogP contribution in [-0.2, 0) is 9.47 Å². The zero-order chi connectivity index (χ0) is 33.9. The van der Waals surface area contributed by atoms with Gasteiger partial charge in [-0.2, -0.15) is 0 Å². The molecule has 6 saturated carbocycles. The normalized spacial score (nSPS) is 48.1. The Bertz CT molecular complexity index is 1520. The lowest BCUT2D eigenvalue weighted by Crippen LogP contribution is -2.63. The first-order valence-corrected chi connectivity index (χ1v) is 22.8. The van der Waals surface area contributed by atoms with E-state index in [2.05, 4.69) is 58.3 Å². The lowest BCUT2D eigenvalue weighted by molar-refractivity contribution is -0.177. The van der Waals surface area contributed by atoms with Crippen LogP contribution in [-0.4, -0.2) is 70.5 Å². The average Bonchev–Trinajstić information content (AvgIpc) is 3.73. The molecule has 4 nitrogen and oxygen atoms in total. The van der Waals surface area contributed by atoms with Gasteiger partial charge in [0, 0.05) is 36.3 Å². The van der Waals surface area contributed by atoms with Crippen LogP contribution in [0.15, 0.2) is 48.5 Å². The molecule has 4 aliphatic heterocycles. The van der Waals surface area contributed by atoms with Gasteiger partial charge in [-0.15, -0.1) is 0 Å². The van der Waals surface area contributed by atoms with Gasteiger partial charge in [-0.05, 0) is 148 Å². The Hall–Kier alpha value is -1.72. The van der Waals surface area contributed by atoms with Gasteiger partial charge in [0.15, 0.2) is 0 Å². The second kappa shape index (κ2) is 12.9. The highest BCUT2D eigenvalue weighted by molar-refractivity contribution is 5.65. The summed E-state index contributed by atoms with van der Waals surface area (Å²) in [7, 11) is 0. The maximum absolute atomic E-state index is 6.94. The molecule has 278 valence electrons. The fourth-order valence-corrected chi connectivity index (χ4v) is 16.0. The fraction of sp³-hybridized carbons (Fsp3) is 0.750. The van der Waals surface area contributed by atoms with Gasteiger partial charge in [0.2, 0.25) is 0 Å². The third-order valence-electron chi connectivity index (χ3n) is 17.8. The van der Waals surface area contributed by atoms with Crippen LogP contribution in [0.1, 0.15) is 151 Å². The van der Waals surface area contributed by atoms with Crippen molar-refractivity contribution in [2.45, 2.75) is 201 Å². The molecule has 10 aliphatic rings. The molecule has 0 radical (unpaired) electrons. The summed E-state index contributed by atoms with van der Waals surface area (Å²) in [6, 6.07) is 24.3. The maximum Gasteiger partial charge on any atom is 0.0737 e. The second-order valence-corrected chi connectivity index (χ2v) is 19.9. The lowest BCUT2D eigenvalue weighted by Gasteiger charge is -2.53. The molecule has 16 atom stereocenters. The van der Waals surface area contributed by atoms with Crippen molar-refractivity contribution in [2.75, 3.05) is 0 Å². The molecule has 0 spiro atoms. The molecule has 2 aromatic carbocycles. The van der Waals surface area contributed by atoms with E-state index in [-0.39, 0.29) is 0 Å². The van der Waals surface area contributed by atoms with Crippen molar-refractivity contribution in [1.29, 1.82) is 0 Å². The molecule has 0 bridgehead atoms. The number of nitrogens with zero attached hydrogens (tertiary/aromatic N) is 2. The molecule has 2 aromatic rings. The molecule has 10 fully saturated rings. The van der Waals surface area contributed by atoms with Crippen molar-refractivity contribution in [3.63, 3.8) is 0 Å². The Labute approximate surface area is 313 Å². The topological polar surface area (TPSA) is 24.9 Å². The first kappa shape index (κ1) is 32.5. The summed E-state index contributed by atoms with van der Waals surface area (Å²) in [5, 5.41) is 0. The van der Waals surface area contributed by atoms with Gasteiger partial charge in [-0.3, -0.25) is 9.80 Å². The van der Waals surface area contributed by atoms with E-state index in [1.54, 1.807) is 11.1 Å². The van der Waals surface area contributed by atoms with Crippen LogP contribution in [0, 0.1) is 23.7 Å². The minimum Gasteiger partial charge on any atom is -0.372 e. The SMILES string of the molecule is c1cc(-c2cccc(C3CCC4C(C3)C3CCCC5OC6CCCCC6N4C53)c2)cc(C2CCC3C(C2)C2CCCC4OC5CCCCC5N3C42)c1. The Morgan fingerprint density at radius 3 is 1.37 bits per heavy atom. The standard InChI is InChI=1S/C48H64N2O2/c1-3-17-43-41(15-1)49-39-23-21-33(27-37(39)35-13-7-19-45(51-43)47(35)49)31-11-5-9-29(25-31)30-10-6-12-32(26-30)34-22-24-40-38(28-34)36-14-8-20-46-48(36)50(40)42-16-2-4-18-44(42)52-46/h5-6,9-12,25-26,33-48H,1-4,7-8,13-24,27-28H2. The number of morpholine rings is 2. The van der Waals surface area contributed by atoms with Crippen molar-refractivity contribution >= 4 is 0 Å². The minimum atomic E-state index is 0.515. The summed E-state index contributed by atoms with van der Waals surface area (Å²) < 4.78 is 13.9. The van der Waals surface area contributed by atoms with Gasteiger partial charge in [-0.1, -0.05) is 87.1 Å². The monoisotopic (exact) mass is 700 g/mol. The Balaban J connectivity index is 0.775. The third-order valence-corrected chi connectivity index (χ3v) is 17.8. The highest BCUT2D eigenvalue weighted by atomic mass is 16.5. The molecule has 0 amide bonds. The fourth-order valence-electron chi connectivity index (χ4n) is 16.0. The number of hydrogen-bond donors (Lipinski definition) is 0. The van der Waals surface area contributed by atoms with E-state index in [9.17, 15) is 0 Å². The van der Waals surface area contributed by atoms with Crippen LogP contribution in [0.3, 0.4) is 0 Å². The molecule has 4 heteroatoms. The van der Waals surface area contributed by atoms with Gasteiger partial charge in [-0.25, -0.2) is 0 Å². The predicted octanol–water partition coefficient (Wildman–Crippen LogP) is 10.2. The van der Waals surface area contributed by atoms with Crippen LogP contribution < -0.4 is 0 Å². The number of benzene rings is 2. The highest BCUT2D eigenvalue weighted by Crippen LogP contribution is 2.58. The second-order valence-electron chi connectivity index (χ2n) is 19.9. The van der Waals surface area contributed by atoms with Crippen molar-refractivity contribution in [3.05, 3.63) is 59.7 Å². The Morgan fingerprint density at radius 1 is 0.404 bits per heavy atom. The summed E-state index contributed by atoms with van der Waals surface area (Å²) in [6.07, 6.45) is 29.6. The number of fused-ring (bicyclic) bond motifs is 10. The van der Waals surface area contributed by atoms with E-state index in [0.717, 1.165) is 35.8 Å². The van der Waals surface area contributed by atoms with Crippen LogP contribution in [0.5, 0.6) is 0 Å². The van der Waals surface area contributed by atoms with Crippen molar-refractivity contribution < 1.29 is 9.47 Å². The quantitative estimate of drug-likeness (QED) is 0.318. The van der Waals surface area contributed by atoms with Crippen LogP contribution in [0.4, 0.5) is 0 Å². The lowest BCUT2D eigenvalue weighted by atomic mass is 9.68. The first-order chi connectivity index (χ1) is 25.8. The third kappa shape index (κ3) is 5.04. The van der Waals surface area contributed by atoms with Crippen LogP contribution in [0.25, 0.3) is 11.1 Å². The minimum absolute atomic E-state index is 0.515. The van der Waals surface area contributed by atoms with Gasteiger partial charge in [0.25, 0.3) is 0 Å². The largest absolute Gasteiger partial charge is 0.372 e. The molecule has 0 N–H and O–H groups in total. The molecule has 6 aliphatic carbocycles. The van der Waals surface area contributed by atoms with E-state index in [4.69, 9.17) is 9.47 Å². The van der Waals surface area contributed by atoms with E-state index >= 15 is 0 Å². The van der Waals surface area contributed by atoms with Gasteiger partial charge in [0.1, 0.15) is 0 Å². The predicted molar refractivity (Wildman–Crippen MR) is 207 cm³/mol. The molecule has 12 rings (SSSR count). The van der Waals surface area contributed by atoms with E-state index in [1.165, 1.54) is 140 Å². The molecule has 52 heavy (non-hydrogen) atoms. The highest BCUT2D eigenvalue weighted by Gasteiger charge is 2.61. The zero-order valence-corrected chi connectivity index (χ0v) is 31.7. The number of ether oxygens (including phenoxy) is 2. The zero-order valence-electron chi connectivity index (χ0n) is 31.7. The van der Waals surface area contributed by atoms with Gasteiger partial charge < -0.3 is 9.47 Å². The number of hydrogen-bond acceptors (Lipinski definition) is 4. The molecular formula is C48H64N2O2. The Morgan fingerprint density at radius 2 is 0.865 bits per heavy atom. The van der Waals surface area contributed by atoms with Gasteiger partial charge in [0.05, 0.1) is 24.4 Å². The summed E-state index contributed by atoms with van der Waals surface area (Å²) in [5.74, 6) is 4.87. The van der Waals surface area contributed by atoms with Crippen molar-refractivity contribution in [1.82, 2.24) is 9.80 Å². The smallest absolute Gasteiger partial charge is 0.0737 e. The number of rotatable bonds is 3. The molecule has 0 aromatic heterocycles. The van der Waals surface area contributed by atoms with Crippen LogP contribution >= 0.6 is 0 Å². The summed E-state index contributed by atoms with van der Waals surface area (Å²) in [6.45, 7) is 0. The van der Waals surface area contributed by atoms with Crippen LogP contribution in [0.2, 0.25) is 0 Å². The van der Waals surface area contributed by atoms with E-state index in [1.807, 2.05) is 0 Å². The summed E-state index contributed by atoms with van der Waals surface area (Å²) >= 11 is 0. The molecule has 16 unspecified atom stereocenters. The molecule has 4 saturated heterocycles. The Kier molecular flexibility index (Phi) is 8.08. The summed E-state index contributed by atoms with van der Waals surface area (Å²) in [4.78, 5) is 6.25. The molecule has 4 heterocycles. The average molecular weight is 701 g/mol. The maximum atomic E-state index is 6.94. The van der Waals surface area contributed by atoms with Gasteiger partial charge >= 0.3 is 0 Å². The van der Waals surface area contributed by atoms with E-state index < -0.39 is 0 Å². The van der Waals surface area contributed by atoms with Crippen molar-refractivity contribution in [3.8, 4) is 11.1 Å². The van der Waals surface area contributed by atoms with E-state index in [0.29, 0.717) is 60.4 Å².